The van der Waals surface area contributed by atoms with Gasteiger partial charge in [-0.3, -0.25) is 9.59 Å². The lowest BCUT2D eigenvalue weighted by Crippen LogP contribution is -2.22. The molecule has 0 atom stereocenters. The normalized spacial score (nSPS) is 10.2. The van der Waals surface area contributed by atoms with E-state index in [9.17, 15) is 9.59 Å². The highest BCUT2D eigenvalue weighted by molar-refractivity contribution is 6.42. The fourth-order valence-electron chi connectivity index (χ4n) is 1.87. The first kappa shape index (κ1) is 18.1. The average molecular weight is 367 g/mol. The molecule has 2 rings (SSSR count). The van der Waals surface area contributed by atoms with Gasteiger partial charge < -0.3 is 15.0 Å². The first-order valence-corrected chi connectivity index (χ1v) is 7.84. The Hall–Kier alpha value is -2.24. The summed E-state index contributed by atoms with van der Waals surface area (Å²) in [5.41, 5.74) is 1.28. The molecule has 0 unspecified atom stereocenters. The van der Waals surface area contributed by atoms with Gasteiger partial charge in [0.15, 0.2) is 6.61 Å². The van der Waals surface area contributed by atoms with Gasteiger partial charge in [0.05, 0.1) is 10.0 Å². The molecule has 0 fully saturated rings. The topological polar surface area (TPSA) is 58.6 Å². The summed E-state index contributed by atoms with van der Waals surface area (Å²) in [7, 11) is 1.68. The molecule has 5 nitrogen and oxygen atoms in total. The minimum atomic E-state index is -0.321. The summed E-state index contributed by atoms with van der Waals surface area (Å²) >= 11 is 11.7. The van der Waals surface area contributed by atoms with Gasteiger partial charge >= 0.3 is 0 Å². The Kier molecular flexibility index (Phi) is 6.06. The second kappa shape index (κ2) is 8.04. The van der Waals surface area contributed by atoms with E-state index in [1.165, 1.54) is 11.8 Å². The first-order chi connectivity index (χ1) is 11.4. The number of amides is 2. The lowest BCUT2D eigenvalue weighted by atomic mass is 10.3. The average Bonchev–Trinajstić information content (AvgIpc) is 2.56. The van der Waals surface area contributed by atoms with Crippen LogP contribution in [0.3, 0.4) is 0 Å². The smallest absolute Gasteiger partial charge is 0.262 e. The van der Waals surface area contributed by atoms with E-state index < -0.39 is 0 Å². The van der Waals surface area contributed by atoms with E-state index in [0.717, 1.165) is 5.69 Å². The molecule has 0 saturated heterocycles. The van der Waals surface area contributed by atoms with Crippen LogP contribution in [0.5, 0.6) is 5.75 Å². The van der Waals surface area contributed by atoms with E-state index in [4.69, 9.17) is 27.9 Å². The van der Waals surface area contributed by atoms with Gasteiger partial charge in [-0.2, -0.15) is 0 Å². The molecule has 0 aliphatic carbocycles. The van der Waals surface area contributed by atoms with Crippen LogP contribution in [0, 0.1) is 0 Å². The third kappa shape index (κ3) is 4.88. The zero-order valence-corrected chi connectivity index (χ0v) is 14.7. The van der Waals surface area contributed by atoms with Crippen LogP contribution in [-0.4, -0.2) is 25.5 Å². The zero-order chi connectivity index (χ0) is 17.7. The van der Waals surface area contributed by atoms with Crippen molar-refractivity contribution in [2.75, 3.05) is 23.9 Å². The molecule has 126 valence electrons. The van der Waals surface area contributed by atoms with E-state index in [1.807, 2.05) is 0 Å². The van der Waals surface area contributed by atoms with Crippen molar-refractivity contribution in [3.05, 3.63) is 52.5 Å². The molecule has 1 N–H and O–H groups in total. The zero-order valence-electron chi connectivity index (χ0n) is 13.2. The van der Waals surface area contributed by atoms with Crippen molar-refractivity contribution in [3.63, 3.8) is 0 Å². The van der Waals surface area contributed by atoms with Gasteiger partial charge in [-0.25, -0.2) is 0 Å². The molecule has 0 radical (unpaired) electrons. The number of ether oxygens (including phenoxy) is 1. The molecule has 2 amide bonds. The number of anilines is 2. The van der Waals surface area contributed by atoms with Gasteiger partial charge in [-0.1, -0.05) is 23.2 Å². The van der Waals surface area contributed by atoms with Crippen LogP contribution >= 0.6 is 23.2 Å². The number of carbonyl (C=O) groups is 2. The predicted molar refractivity (Wildman–Crippen MR) is 96.1 cm³/mol. The molecule has 0 aliphatic rings. The highest BCUT2D eigenvalue weighted by atomic mass is 35.5. The van der Waals surface area contributed by atoms with Crippen LogP contribution in [0.2, 0.25) is 10.0 Å². The number of nitrogens with zero attached hydrogens (tertiary/aromatic N) is 1. The van der Waals surface area contributed by atoms with Gasteiger partial charge in [0.2, 0.25) is 5.91 Å². The van der Waals surface area contributed by atoms with E-state index >= 15 is 0 Å². The summed E-state index contributed by atoms with van der Waals surface area (Å²) in [4.78, 5) is 24.7. The van der Waals surface area contributed by atoms with E-state index in [2.05, 4.69) is 5.32 Å². The summed E-state index contributed by atoms with van der Waals surface area (Å²) in [5, 5.41) is 3.44. The monoisotopic (exact) mass is 366 g/mol. The number of hydrogen-bond acceptors (Lipinski definition) is 3. The standard InChI is InChI=1S/C17H16Cl2N2O3/c1-11(22)21(2)13-4-6-14(7-5-13)24-10-17(23)20-12-3-8-15(18)16(19)9-12/h3-9H,10H2,1-2H3,(H,20,23). The van der Waals surface area contributed by atoms with Crippen molar-refractivity contribution in [2.45, 2.75) is 6.92 Å². The number of hydrogen-bond donors (Lipinski definition) is 1. The molecule has 0 saturated carbocycles. The third-order valence-electron chi connectivity index (χ3n) is 3.27. The Labute approximate surface area is 150 Å². The molecule has 0 aromatic heterocycles. The van der Waals surface area contributed by atoms with Gasteiger partial charge in [-0.15, -0.1) is 0 Å². The fraction of sp³-hybridized carbons (Fsp3) is 0.176. The van der Waals surface area contributed by atoms with Crippen LogP contribution in [0.4, 0.5) is 11.4 Å². The van der Waals surface area contributed by atoms with E-state index in [-0.39, 0.29) is 18.4 Å². The van der Waals surface area contributed by atoms with E-state index in [0.29, 0.717) is 21.5 Å². The van der Waals surface area contributed by atoms with Gasteiger partial charge in [0.1, 0.15) is 5.75 Å². The van der Waals surface area contributed by atoms with Crippen molar-refractivity contribution < 1.29 is 14.3 Å². The van der Waals surface area contributed by atoms with Crippen molar-refractivity contribution in [1.82, 2.24) is 0 Å². The summed E-state index contributed by atoms with van der Waals surface area (Å²) < 4.78 is 5.41. The Bertz CT molecular complexity index is 748. The molecule has 2 aromatic carbocycles. The molecule has 2 aromatic rings. The predicted octanol–water partition coefficient (Wildman–Crippen LogP) is 3.99. The quantitative estimate of drug-likeness (QED) is 0.869. The van der Waals surface area contributed by atoms with Crippen molar-refractivity contribution in [2.24, 2.45) is 0 Å². The molecule has 24 heavy (non-hydrogen) atoms. The number of halogens is 2. The maximum atomic E-state index is 11.9. The van der Waals surface area contributed by atoms with E-state index in [1.54, 1.807) is 49.5 Å². The Morgan fingerprint density at radius 3 is 2.33 bits per heavy atom. The third-order valence-corrected chi connectivity index (χ3v) is 4.01. The number of carbonyl (C=O) groups excluding carboxylic acids is 2. The molecule has 0 heterocycles. The minimum absolute atomic E-state index is 0.0651. The van der Waals surface area contributed by atoms with Crippen LogP contribution in [0.1, 0.15) is 6.92 Å². The van der Waals surface area contributed by atoms with Crippen LogP contribution in [0.15, 0.2) is 42.5 Å². The number of nitrogens with one attached hydrogen (secondary N) is 1. The van der Waals surface area contributed by atoms with Crippen LogP contribution in [-0.2, 0) is 9.59 Å². The molecule has 7 heteroatoms. The summed E-state index contributed by atoms with van der Waals surface area (Å²) in [6.45, 7) is 1.33. The summed E-state index contributed by atoms with van der Waals surface area (Å²) in [6.07, 6.45) is 0. The Morgan fingerprint density at radius 2 is 1.75 bits per heavy atom. The minimum Gasteiger partial charge on any atom is -0.484 e. The molecule has 0 bridgehead atoms. The van der Waals surface area contributed by atoms with Gasteiger partial charge in [0.25, 0.3) is 5.91 Å². The van der Waals surface area contributed by atoms with Crippen molar-refractivity contribution >= 4 is 46.4 Å². The SMILES string of the molecule is CC(=O)N(C)c1ccc(OCC(=O)Nc2ccc(Cl)c(Cl)c2)cc1. The maximum absolute atomic E-state index is 11.9. The second-order valence-corrected chi connectivity index (χ2v) is 5.85. The molecule has 0 aliphatic heterocycles. The highest BCUT2D eigenvalue weighted by Gasteiger charge is 2.08. The van der Waals surface area contributed by atoms with Crippen LogP contribution < -0.4 is 15.0 Å². The summed E-state index contributed by atoms with van der Waals surface area (Å²) in [5.74, 6) is 0.142. The Morgan fingerprint density at radius 1 is 1.08 bits per heavy atom. The molecular formula is C17H16Cl2N2O3. The maximum Gasteiger partial charge on any atom is 0.262 e. The molecular weight excluding hydrogens is 351 g/mol. The van der Waals surface area contributed by atoms with Crippen molar-refractivity contribution in [1.29, 1.82) is 0 Å². The number of rotatable bonds is 5. The number of benzene rings is 2. The second-order valence-electron chi connectivity index (χ2n) is 5.04. The van der Waals surface area contributed by atoms with Gasteiger partial charge in [-0.05, 0) is 42.5 Å². The first-order valence-electron chi connectivity index (χ1n) is 7.09. The van der Waals surface area contributed by atoms with Crippen molar-refractivity contribution in [3.8, 4) is 5.75 Å². The highest BCUT2D eigenvalue weighted by Crippen LogP contribution is 2.25. The molecule has 0 spiro atoms. The summed E-state index contributed by atoms with van der Waals surface area (Å²) in [6, 6.07) is 11.7. The van der Waals surface area contributed by atoms with Gasteiger partial charge in [0, 0.05) is 25.3 Å². The largest absolute Gasteiger partial charge is 0.484 e. The fourth-order valence-corrected chi connectivity index (χ4v) is 2.17. The lowest BCUT2D eigenvalue weighted by molar-refractivity contribution is -0.118. The Balaban J connectivity index is 1.89. The lowest BCUT2D eigenvalue weighted by Gasteiger charge is -2.15. The van der Waals surface area contributed by atoms with Crippen LogP contribution in [0.25, 0.3) is 0 Å².